The summed E-state index contributed by atoms with van der Waals surface area (Å²) in [4.78, 5) is 31.4. The van der Waals surface area contributed by atoms with Crippen LogP contribution in [-0.4, -0.2) is 35.0 Å². The van der Waals surface area contributed by atoms with Crippen molar-refractivity contribution in [3.05, 3.63) is 77.3 Å². The average molecular weight is 390 g/mol. The van der Waals surface area contributed by atoms with Crippen molar-refractivity contribution in [1.82, 2.24) is 15.5 Å². The van der Waals surface area contributed by atoms with E-state index in [9.17, 15) is 9.59 Å². The molecule has 2 amide bonds. The molecular formula is C22H22N4O3. The summed E-state index contributed by atoms with van der Waals surface area (Å²) < 4.78 is 5.31. The second kappa shape index (κ2) is 7.87. The third-order valence-corrected chi connectivity index (χ3v) is 5.20. The van der Waals surface area contributed by atoms with Gasteiger partial charge in [-0.2, -0.15) is 0 Å². The van der Waals surface area contributed by atoms with Gasteiger partial charge in [-0.15, -0.1) is 0 Å². The molecule has 0 bridgehead atoms. The molecule has 0 saturated heterocycles. The Kier molecular flexibility index (Phi) is 5.12. The average Bonchev–Trinajstić information content (AvgIpc) is 3.18. The molecule has 1 aromatic carbocycles. The van der Waals surface area contributed by atoms with Gasteiger partial charge in [-0.1, -0.05) is 48.5 Å². The van der Waals surface area contributed by atoms with Crippen molar-refractivity contribution in [2.75, 3.05) is 11.9 Å². The van der Waals surface area contributed by atoms with Gasteiger partial charge in [0, 0.05) is 25.7 Å². The highest BCUT2D eigenvalue weighted by Crippen LogP contribution is 2.32. The summed E-state index contributed by atoms with van der Waals surface area (Å²) in [6.07, 6.45) is 2.70. The molecule has 7 heteroatoms. The quantitative estimate of drug-likeness (QED) is 0.740. The van der Waals surface area contributed by atoms with Gasteiger partial charge in [0.25, 0.3) is 5.91 Å². The molecule has 2 aromatic heterocycles. The lowest BCUT2D eigenvalue weighted by Gasteiger charge is -2.20. The molecule has 1 aliphatic heterocycles. The van der Waals surface area contributed by atoms with Crippen LogP contribution in [0.1, 0.15) is 46.6 Å². The van der Waals surface area contributed by atoms with Gasteiger partial charge in [0.05, 0.1) is 0 Å². The van der Waals surface area contributed by atoms with E-state index in [0.717, 1.165) is 11.1 Å². The molecule has 4 rings (SSSR count). The molecule has 0 fully saturated rings. The van der Waals surface area contributed by atoms with Crippen LogP contribution in [0.15, 0.2) is 59.3 Å². The molecule has 1 aliphatic rings. The van der Waals surface area contributed by atoms with E-state index in [1.807, 2.05) is 49.4 Å². The zero-order chi connectivity index (χ0) is 20.4. The molecule has 0 spiro atoms. The first kappa shape index (κ1) is 18.9. The van der Waals surface area contributed by atoms with Crippen molar-refractivity contribution in [1.29, 1.82) is 0 Å². The van der Waals surface area contributed by atoms with Crippen LogP contribution in [0.3, 0.4) is 0 Å². The number of rotatable bonds is 4. The fraction of sp³-hybridized carbons (Fsp3) is 0.273. The Morgan fingerprint density at radius 3 is 2.83 bits per heavy atom. The van der Waals surface area contributed by atoms with Crippen LogP contribution in [0, 0.1) is 0 Å². The molecule has 148 valence electrons. The Morgan fingerprint density at radius 2 is 2.03 bits per heavy atom. The highest BCUT2D eigenvalue weighted by molar-refractivity contribution is 6.02. The van der Waals surface area contributed by atoms with Gasteiger partial charge in [0.1, 0.15) is 17.6 Å². The minimum absolute atomic E-state index is 0.0730. The number of hydrogen-bond donors (Lipinski definition) is 1. The molecule has 0 saturated carbocycles. The number of benzene rings is 1. The number of aromatic nitrogens is 2. The van der Waals surface area contributed by atoms with Gasteiger partial charge >= 0.3 is 0 Å². The lowest BCUT2D eigenvalue weighted by molar-refractivity contribution is -0.120. The zero-order valence-electron chi connectivity index (χ0n) is 16.3. The van der Waals surface area contributed by atoms with Gasteiger partial charge in [-0.25, -0.2) is 4.98 Å². The number of carbonyl (C=O) groups is 2. The SMILES string of the molecule is C[C@H]1C[C@@H](NC(=O)c2cc(Cc3ccccc3)on2)C(=O)N(C)c2ncccc21. The summed E-state index contributed by atoms with van der Waals surface area (Å²) in [6, 6.07) is 14.6. The fourth-order valence-electron chi connectivity index (χ4n) is 3.65. The van der Waals surface area contributed by atoms with Gasteiger partial charge in [0.2, 0.25) is 5.91 Å². The Hall–Kier alpha value is -3.48. The van der Waals surface area contributed by atoms with Crippen molar-refractivity contribution in [2.45, 2.75) is 31.7 Å². The second-order valence-corrected chi connectivity index (χ2v) is 7.32. The maximum absolute atomic E-state index is 12.9. The van der Waals surface area contributed by atoms with E-state index in [0.29, 0.717) is 24.4 Å². The molecule has 0 unspecified atom stereocenters. The Labute approximate surface area is 168 Å². The van der Waals surface area contributed by atoms with E-state index in [1.54, 1.807) is 19.3 Å². The standard InChI is InChI=1S/C22H22N4O3/c1-14-11-19(22(28)26(2)20-17(14)9-6-10-23-20)24-21(27)18-13-16(29-25-18)12-15-7-4-3-5-8-15/h3-10,13-14,19H,11-12H2,1-2H3,(H,24,27)/t14-,19+/m0/s1. The number of likely N-dealkylation sites (N-methyl/N-ethyl adjacent to an activating group) is 1. The summed E-state index contributed by atoms with van der Waals surface area (Å²) in [5, 5.41) is 6.70. The van der Waals surface area contributed by atoms with Crippen LogP contribution >= 0.6 is 0 Å². The van der Waals surface area contributed by atoms with E-state index in [2.05, 4.69) is 15.5 Å². The Bertz CT molecular complexity index is 1030. The first-order valence-electron chi connectivity index (χ1n) is 9.56. The second-order valence-electron chi connectivity index (χ2n) is 7.32. The maximum atomic E-state index is 12.9. The largest absolute Gasteiger partial charge is 0.360 e. The van der Waals surface area contributed by atoms with Crippen molar-refractivity contribution < 1.29 is 14.1 Å². The first-order valence-corrected chi connectivity index (χ1v) is 9.56. The van der Waals surface area contributed by atoms with Gasteiger partial charge < -0.3 is 9.84 Å². The van der Waals surface area contributed by atoms with E-state index in [4.69, 9.17) is 4.52 Å². The first-order chi connectivity index (χ1) is 14.0. The molecule has 0 radical (unpaired) electrons. The molecule has 1 N–H and O–H groups in total. The van der Waals surface area contributed by atoms with Crippen LogP contribution in [-0.2, 0) is 11.2 Å². The Morgan fingerprint density at radius 1 is 1.24 bits per heavy atom. The van der Waals surface area contributed by atoms with E-state index in [-0.39, 0.29) is 17.5 Å². The molecule has 3 heterocycles. The van der Waals surface area contributed by atoms with E-state index in [1.165, 1.54) is 4.90 Å². The minimum atomic E-state index is -0.661. The number of hydrogen-bond acceptors (Lipinski definition) is 5. The van der Waals surface area contributed by atoms with Gasteiger partial charge in [-0.3, -0.25) is 14.5 Å². The summed E-state index contributed by atoms with van der Waals surface area (Å²) in [5.41, 5.74) is 2.22. The molecule has 7 nitrogen and oxygen atoms in total. The third kappa shape index (κ3) is 3.89. The van der Waals surface area contributed by atoms with Crippen molar-refractivity contribution in [3.63, 3.8) is 0 Å². The van der Waals surface area contributed by atoms with Crippen LogP contribution in [0.2, 0.25) is 0 Å². The van der Waals surface area contributed by atoms with Crippen LogP contribution < -0.4 is 10.2 Å². The van der Waals surface area contributed by atoms with E-state index < -0.39 is 11.9 Å². The monoisotopic (exact) mass is 390 g/mol. The van der Waals surface area contributed by atoms with Crippen molar-refractivity contribution >= 4 is 17.6 Å². The highest BCUT2D eigenvalue weighted by atomic mass is 16.5. The number of anilines is 1. The van der Waals surface area contributed by atoms with Crippen LogP contribution in [0.4, 0.5) is 5.82 Å². The zero-order valence-corrected chi connectivity index (χ0v) is 16.3. The van der Waals surface area contributed by atoms with Crippen molar-refractivity contribution in [3.8, 4) is 0 Å². The predicted molar refractivity (Wildman–Crippen MR) is 108 cm³/mol. The smallest absolute Gasteiger partial charge is 0.274 e. The third-order valence-electron chi connectivity index (χ3n) is 5.20. The lowest BCUT2D eigenvalue weighted by Crippen LogP contribution is -2.47. The Balaban J connectivity index is 1.48. The topological polar surface area (TPSA) is 88.3 Å². The normalized spacial score (nSPS) is 18.8. The lowest BCUT2D eigenvalue weighted by atomic mass is 9.95. The number of amides is 2. The summed E-state index contributed by atoms with van der Waals surface area (Å²) in [5.74, 6) is 0.675. The maximum Gasteiger partial charge on any atom is 0.274 e. The number of nitrogens with one attached hydrogen (secondary N) is 1. The van der Waals surface area contributed by atoms with Crippen LogP contribution in [0.5, 0.6) is 0 Å². The molecule has 2 atom stereocenters. The summed E-state index contributed by atoms with van der Waals surface area (Å²) >= 11 is 0. The van der Waals surface area contributed by atoms with Crippen molar-refractivity contribution in [2.24, 2.45) is 0 Å². The number of carbonyl (C=O) groups excluding carboxylic acids is 2. The van der Waals surface area contributed by atoms with Gasteiger partial charge in [-0.05, 0) is 29.5 Å². The molecule has 29 heavy (non-hydrogen) atoms. The molecule has 0 aliphatic carbocycles. The molecule has 3 aromatic rings. The number of pyridine rings is 1. The van der Waals surface area contributed by atoms with Crippen LogP contribution in [0.25, 0.3) is 0 Å². The molecular weight excluding hydrogens is 368 g/mol. The number of nitrogens with zero attached hydrogens (tertiary/aromatic N) is 3. The summed E-state index contributed by atoms with van der Waals surface area (Å²) in [6.45, 7) is 2.03. The van der Waals surface area contributed by atoms with E-state index >= 15 is 0 Å². The number of fused-ring (bicyclic) bond motifs is 1. The highest BCUT2D eigenvalue weighted by Gasteiger charge is 2.33. The fourth-order valence-corrected chi connectivity index (χ4v) is 3.65. The minimum Gasteiger partial charge on any atom is -0.360 e. The van der Waals surface area contributed by atoms with Gasteiger partial charge in [0.15, 0.2) is 5.69 Å². The summed E-state index contributed by atoms with van der Waals surface area (Å²) in [7, 11) is 1.68. The predicted octanol–water partition coefficient (Wildman–Crippen LogP) is 2.93.